The summed E-state index contributed by atoms with van der Waals surface area (Å²) in [4.78, 5) is 11.2. The van der Waals surface area contributed by atoms with Crippen molar-refractivity contribution >= 4 is 5.97 Å². The van der Waals surface area contributed by atoms with Gasteiger partial charge in [0.1, 0.15) is 0 Å². The molecule has 0 radical (unpaired) electrons. The molecule has 1 unspecified atom stereocenters. The van der Waals surface area contributed by atoms with Crippen LogP contribution in [0, 0.1) is 5.92 Å². The van der Waals surface area contributed by atoms with E-state index in [1.54, 1.807) is 19.9 Å². The maximum atomic E-state index is 11.2. The molecule has 0 heterocycles. The molecule has 3 nitrogen and oxygen atoms in total. The number of aliphatic hydroxyl groups is 1. The van der Waals surface area contributed by atoms with Gasteiger partial charge < -0.3 is 9.84 Å². The second kappa shape index (κ2) is 8.07. The topological polar surface area (TPSA) is 46.5 Å². The fourth-order valence-corrected chi connectivity index (χ4v) is 1.20. The van der Waals surface area contributed by atoms with Crippen molar-refractivity contribution in [3.8, 4) is 0 Å². The molecule has 0 fully saturated rings. The maximum Gasteiger partial charge on any atom is 0.310 e. The minimum absolute atomic E-state index is 0.218. The number of hydrogen-bond donors (Lipinski definition) is 1. The molecular weight excluding hydrogens is 216 g/mol. The van der Waals surface area contributed by atoms with Crippen molar-refractivity contribution in [2.75, 3.05) is 0 Å². The largest absolute Gasteiger partial charge is 0.432 e. The summed E-state index contributed by atoms with van der Waals surface area (Å²) in [6, 6.07) is 0. The van der Waals surface area contributed by atoms with Gasteiger partial charge in [0.15, 0.2) is 0 Å². The first-order valence-electron chi connectivity index (χ1n) is 6.02. The molecule has 17 heavy (non-hydrogen) atoms. The van der Waals surface area contributed by atoms with Crippen molar-refractivity contribution < 1.29 is 14.6 Å². The number of carbonyl (C=O) groups excluding carboxylic acids is 1. The van der Waals surface area contributed by atoms with Crippen LogP contribution in [0.5, 0.6) is 0 Å². The standard InChI is InChI=1S/C14H24O3/c1-10(2)7-6-8-12(5)9-13(15)17-14(16)11(3)4/h7,9,11,13,15H,6,8H2,1-5H3/b12-9+. The summed E-state index contributed by atoms with van der Waals surface area (Å²) in [5, 5.41) is 9.51. The smallest absolute Gasteiger partial charge is 0.310 e. The van der Waals surface area contributed by atoms with E-state index in [-0.39, 0.29) is 11.9 Å². The Morgan fingerprint density at radius 3 is 2.35 bits per heavy atom. The monoisotopic (exact) mass is 240 g/mol. The zero-order valence-electron chi connectivity index (χ0n) is 11.5. The Morgan fingerprint density at radius 2 is 1.88 bits per heavy atom. The van der Waals surface area contributed by atoms with Crippen molar-refractivity contribution in [1.29, 1.82) is 0 Å². The number of aliphatic hydroxyl groups excluding tert-OH is 1. The molecule has 3 heteroatoms. The summed E-state index contributed by atoms with van der Waals surface area (Å²) in [7, 11) is 0. The molecule has 0 spiro atoms. The van der Waals surface area contributed by atoms with E-state index in [1.807, 2.05) is 6.92 Å². The second-order valence-corrected chi connectivity index (χ2v) is 4.82. The summed E-state index contributed by atoms with van der Waals surface area (Å²) >= 11 is 0. The fraction of sp³-hybridized carbons (Fsp3) is 0.643. The highest BCUT2D eigenvalue weighted by atomic mass is 16.6. The molecule has 0 aromatic rings. The van der Waals surface area contributed by atoms with Gasteiger partial charge in [0.05, 0.1) is 5.92 Å². The normalized spacial score (nSPS) is 13.5. The van der Waals surface area contributed by atoms with Gasteiger partial charge in [-0.3, -0.25) is 4.79 Å². The van der Waals surface area contributed by atoms with Crippen LogP contribution in [-0.4, -0.2) is 17.4 Å². The van der Waals surface area contributed by atoms with Crippen LogP contribution in [0.1, 0.15) is 47.5 Å². The minimum Gasteiger partial charge on any atom is -0.432 e. The Morgan fingerprint density at radius 1 is 1.29 bits per heavy atom. The SMILES string of the molecule is CC(C)=CCC/C(C)=C/C(O)OC(=O)C(C)C. The van der Waals surface area contributed by atoms with Crippen molar-refractivity contribution in [3.63, 3.8) is 0 Å². The zero-order chi connectivity index (χ0) is 13.4. The lowest BCUT2D eigenvalue weighted by atomic mass is 10.1. The van der Waals surface area contributed by atoms with Crippen LogP contribution in [0.3, 0.4) is 0 Å². The molecule has 0 aromatic carbocycles. The number of allylic oxidation sites excluding steroid dienone is 3. The van der Waals surface area contributed by atoms with E-state index in [1.165, 1.54) is 5.57 Å². The number of carbonyl (C=O) groups is 1. The molecule has 0 bridgehead atoms. The average Bonchev–Trinajstić information content (AvgIpc) is 2.16. The van der Waals surface area contributed by atoms with Gasteiger partial charge in [-0.05, 0) is 39.7 Å². The molecule has 0 aliphatic rings. The van der Waals surface area contributed by atoms with Gasteiger partial charge in [0.25, 0.3) is 0 Å². The predicted octanol–water partition coefficient (Wildman–Crippen LogP) is 3.20. The van der Waals surface area contributed by atoms with E-state index in [4.69, 9.17) is 4.74 Å². The molecule has 0 aromatic heterocycles. The van der Waals surface area contributed by atoms with Crippen molar-refractivity contribution in [1.82, 2.24) is 0 Å². The molecule has 0 aliphatic carbocycles. The third-order valence-corrected chi connectivity index (χ3v) is 2.23. The Hall–Kier alpha value is -1.09. The summed E-state index contributed by atoms with van der Waals surface area (Å²) in [5.41, 5.74) is 2.30. The van der Waals surface area contributed by atoms with Gasteiger partial charge in [0.2, 0.25) is 6.29 Å². The second-order valence-electron chi connectivity index (χ2n) is 4.82. The summed E-state index contributed by atoms with van der Waals surface area (Å²) < 4.78 is 4.83. The summed E-state index contributed by atoms with van der Waals surface area (Å²) in [6.07, 6.45) is 4.40. The number of ether oxygens (including phenoxy) is 1. The van der Waals surface area contributed by atoms with Gasteiger partial charge in [-0.25, -0.2) is 0 Å². The molecule has 0 aliphatic heterocycles. The first-order valence-corrected chi connectivity index (χ1v) is 6.02. The van der Waals surface area contributed by atoms with Crippen LogP contribution in [0.2, 0.25) is 0 Å². The zero-order valence-corrected chi connectivity index (χ0v) is 11.5. The lowest BCUT2D eigenvalue weighted by Gasteiger charge is -2.11. The van der Waals surface area contributed by atoms with E-state index in [0.717, 1.165) is 18.4 Å². The van der Waals surface area contributed by atoms with Crippen LogP contribution < -0.4 is 0 Å². The Bertz CT molecular complexity index is 297. The van der Waals surface area contributed by atoms with E-state index in [0.29, 0.717) is 0 Å². The number of esters is 1. The third-order valence-electron chi connectivity index (χ3n) is 2.23. The molecule has 0 saturated carbocycles. The quantitative estimate of drug-likeness (QED) is 0.440. The highest BCUT2D eigenvalue weighted by molar-refractivity contribution is 5.71. The lowest BCUT2D eigenvalue weighted by Crippen LogP contribution is -2.19. The van der Waals surface area contributed by atoms with Gasteiger partial charge in [-0.2, -0.15) is 0 Å². The summed E-state index contributed by atoms with van der Waals surface area (Å²) in [5.74, 6) is -0.602. The molecule has 0 amide bonds. The van der Waals surface area contributed by atoms with Crippen molar-refractivity contribution in [2.24, 2.45) is 5.92 Å². The average molecular weight is 240 g/mol. The van der Waals surface area contributed by atoms with Crippen molar-refractivity contribution in [2.45, 2.75) is 53.8 Å². The van der Waals surface area contributed by atoms with Crippen LogP contribution in [0.4, 0.5) is 0 Å². The molecular formula is C14H24O3. The number of rotatable bonds is 6. The van der Waals surface area contributed by atoms with Crippen LogP contribution >= 0.6 is 0 Å². The van der Waals surface area contributed by atoms with E-state index < -0.39 is 6.29 Å². The summed E-state index contributed by atoms with van der Waals surface area (Å²) in [6.45, 7) is 9.50. The number of hydrogen-bond acceptors (Lipinski definition) is 3. The Kier molecular flexibility index (Phi) is 7.55. The predicted molar refractivity (Wildman–Crippen MR) is 69.4 cm³/mol. The van der Waals surface area contributed by atoms with Crippen LogP contribution in [0.15, 0.2) is 23.3 Å². The van der Waals surface area contributed by atoms with Gasteiger partial charge >= 0.3 is 5.97 Å². The van der Waals surface area contributed by atoms with Gasteiger partial charge in [-0.1, -0.05) is 31.1 Å². The van der Waals surface area contributed by atoms with Gasteiger partial charge in [-0.15, -0.1) is 0 Å². The van der Waals surface area contributed by atoms with E-state index >= 15 is 0 Å². The third kappa shape index (κ3) is 8.69. The van der Waals surface area contributed by atoms with Gasteiger partial charge in [0, 0.05) is 0 Å². The van der Waals surface area contributed by atoms with Crippen molar-refractivity contribution in [3.05, 3.63) is 23.3 Å². The van der Waals surface area contributed by atoms with Crippen LogP contribution in [-0.2, 0) is 9.53 Å². The molecule has 1 N–H and O–H groups in total. The highest BCUT2D eigenvalue weighted by Crippen LogP contribution is 2.09. The fourth-order valence-electron chi connectivity index (χ4n) is 1.20. The Balaban J connectivity index is 4.10. The minimum atomic E-state index is -1.13. The molecule has 1 atom stereocenters. The maximum absolute atomic E-state index is 11.2. The molecule has 0 saturated heterocycles. The highest BCUT2D eigenvalue weighted by Gasteiger charge is 2.12. The first kappa shape index (κ1) is 15.9. The molecule has 0 rings (SSSR count). The Labute approximate surface area is 104 Å². The molecule has 98 valence electrons. The van der Waals surface area contributed by atoms with E-state index in [2.05, 4.69) is 19.9 Å². The lowest BCUT2D eigenvalue weighted by molar-refractivity contribution is -0.164. The van der Waals surface area contributed by atoms with E-state index in [9.17, 15) is 9.90 Å². The first-order chi connectivity index (χ1) is 7.82. The van der Waals surface area contributed by atoms with Crippen LogP contribution in [0.25, 0.3) is 0 Å².